The molecule has 1 fully saturated rings. The molecule has 0 spiro atoms. The van der Waals surface area contributed by atoms with Crippen molar-refractivity contribution >= 4 is 23.6 Å². The molecule has 0 aromatic heterocycles. The lowest BCUT2D eigenvalue weighted by Crippen LogP contribution is -2.50. The second-order valence-corrected chi connectivity index (χ2v) is 7.69. The van der Waals surface area contributed by atoms with Gasteiger partial charge in [-0.05, 0) is 25.2 Å². The van der Waals surface area contributed by atoms with E-state index in [1.165, 1.54) is 0 Å². The van der Waals surface area contributed by atoms with Crippen LogP contribution in [0.2, 0.25) is 0 Å². The number of hydrogen-bond acceptors (Lipinski definition) is 3. The highest BCUT2D eigenvalue weighted by molar-refractivity contribution is 8.00. The third kappa shape index (κ3) is 5.82. The van der Waals surface area contributed by atoms with Crippen LogP contribution in [0.3, 0.4) is 0 Å². The first-order chi connectivity index (χ1) is 10.5. The standard InChI is InChI=1S/C17H32N2O2S/c1-5-7-9-15(20)19-14(17(21)18-10-8-6-2)12-22-16(19)11-13(3)4/h13-14,16H,5-12H2,1-4H3,(H,18,21). The molecule has 1 heterocycles. The lowest BCUT2D eigenvalue weighted by Gasteiger charge is -2.30. The van der Waals surface area contributed by atoms with E-state index in [1.54, 1.807) is 11.8 Å². The Kier molecular flexibility index (Phi) is 8.91. The zero-order valence-electron chi connectivity index (χ0n) is 14.6. The average molecular weight is 329 g/mol. The zero-order chi connectivity index (χ0) is 16.5. The van der Waals surface area contributed by atoms with E-state index in [-0.39, 0.29) is 23.2 Å². The van der Waals surface area contributed by atoms with Crippen molar-refractivity contribution in [3.63, 3.8) is 0 Å². The fourth-order valence-electron chi connectivity index (χ4n) is 2.65. The lowest BCUT2D eigenvalue weighted by molar-refractivity contribution is -0.140. The maximum Gasteiger partial charge on any atom is 0.243 e. The van der Waals surface area contributed by atoms with Crippen LogP contribution in [-0.4, -0.2) is 40.4 Å². The number of unbranched alkanes of at least 4 members (excludes halogenated alkanes) is 2. The molecule has 0 radical (unpaired) electrons. The number of thioether (sulfide) groups is 1. The van der Waals surface area contributed by atoms with Crippen molar-refractivity contribution in [2.24, 2.45) is 5.92 Å². The summed E-state index contributed by atoms with van der Waals surface area (Å²) in [4.78, 5) is 26.9. The summed E-state index contributed by atoms with van der Waals surface area (Å²) in [5.41, 5.74) is 0. The summed E-state index contributed by atoms with van der Waals surface area (Å²) in [7, 11) is 0. The predicted molar refractivity (Wildman–Crippen MR) is 93.8 cm³/mol. The smallest absolute Gasteiger partial charge is 0.243 e. The topological polar surface area (TPSA) is 49.4 Å². The zero-order valence-corrected chi connectivity index (χ0v) is 15.4. The van der Waals surface area contributed by atoms with E-state index in [1.807, 2.05) is 4.90 Å². The quantitative estimate of drug-likeness (QED) is 0.660. The molecule has 1 N–H and O–H groups in total. The van der Waals surface area contributed by atoms with Crippen molar-refractivity contribution in [1.82, 2.24) is 10.2 Å². The van der Waals surface area contributed by atoms with Gasteiger partial charge >= 0.3 is 0 Å². The fourth-order valence-corrected chi connectivity index (χ4v) is 4.31. The molecule has 128 valence electrons. The van der Waals surface area contributed by atoms with Crippen LogP contribution in [0.25, 0.3) is 0 Å². The number of carbonyl (C=O) groups is 2. The van der Waals surface area contributed by atoms with Gasteiger partial charge in [0.1, 0.15) is 6.04 Å². The highest BCUT2D eigenvalue weighted by Gasteiger charge is 2.40. The van der Waals surface area contributed by atoms with Gasteiger partial charge in [-0.15, -0.1) is 11.8 Å². The molecule has 2 atom stereocenters. The summed E-state index contributed by atoms with van der Waals surface area (Å²) in [6.45, 7) is 9.25. The Morgan fingerprint density at radius 2 is 1.91 bits per heavy atom. The first-order valence-electron chi connectivity index (χ1n) is 8.71. The average Bonchev–Trinajstić information content (AvgIpc) is 2.87. The summed E-state index contributed by atoms with van der Waals surface area (Å²) >= 11 is 1.76. The van der Waals surface area contributed by atoms with Gasteiger partial charge in [0, 0.05) is 18.7 Å². The third-order valence-electron chi connectivity index (χ3n) is 3.93. The molecule has 1 aliphatic rings. The van der Waals surface area contributed by atoms with Crippen LogP contribution < -0.4 is 5.32 Å². The molecule has 1 saturated heterocycles. The summed E-state index contributed by atoms with van der Waals surface area (Å²) in [6, 6.07) is -0.282. The van der Waals surface area contributed by atoms with E-state index in [9.17, 15) is 9.59 Å². The second-order valence-electron chi connectivity index (χ2n) is 6.48. The Bertz CT molecular complexity index is 361. The Hall–Kier alpha value is -0.710. The van der Waals surface area contributed by atoms with E-state index in [0.717, 1.165) is 37.9 Å². The molecule has 2 amide bonds. The van der Waals surface area contributed by atoms with Crippen molar-refractivity contribution in [3.05, 3.63) is 0 Å². The maximum absolute atomic E-state index is 12.6. The lowest BCUT2D eigenvalue weighted by atomic mass is 10.1. The maximum atomic E-state index is 12.6. The van der Waals surface area contributed by atoms with Crippen LogP contribution in [-0.2, 0) is 9.59 Å². The Balaban J connectivity index is 2.72. The van der Waals surface area contributed by atoms with Crippen LogP contribution in [0.15, 0.2) is 0 Å². The monoisotopic (exact) mass is 328 g/mol. The number of carbonyl (C=O) groups excluding carboxylic acids is 2. The number of rotatable bonds is 9. The van der Waals surface area contributed by atoms with Gasteiger partial charge < -0.3 is 10.2 Å². The molecule has 0 saturated carbocycles. The van der Waals surface area contributed by atoms with Gasteiger partial charge in [0.05, 0.1) is 5.37 Å². The molecule has 0 aromatic rings. The van der Waals surface area contributed by atoms with Crippen molar-refractivity contribution in [1.29, 1.82) is 0 Å². The second kappa shape index (κ2) is 10.1. The molecule has 1 aliphatic heterocycles. The van der Waals surface area contributed by atoms with Crippen molar-refractivity contribution in [3.8, 4) is 0 Å². The molecule has 0 bridgehead atoms. The first kappa shape index (κ1) is 19.3. The van der Waals surface area contributed by atoms with E-state index in [0.29, 0.717) is 18.9 Å². The minimum atomic E-state index is -0.282. The van der Waals surface area contributed by atoms with Crippen LogP contribution in [0.5, 0.6) is 0 Å². The molecule has 1 rings (SSSR count). The van der Waals surface area contributed by atoms with Crippen LogP contribution >= 0.6 is 11.8 Å². The molecule has 0 aromatic carbocycles. The summed E-state index contributed by atoms with van der Waals surface area (Å²) in [5.74, 6) is 1.43. The third-order valence-corrected chi connectivity index (χ3v) is 5.24. The van der Waals surface area contributed by atoms with Crippen molar-refractivity contribution < 1.29 is 9.59 Å². The minimum Gasteiger partial charge on any atom is -0.354 e. The van der Waals surface area contributed by atoms with E-state index >= 15 is 0 Å². The summed E-state index contributed by atoms with van der Waals surface area (Å²) in [6.07, 6.45) is 5.48. The van der Waals surface area contributed by atoms with E-state index in [2.05, 4.69) is 33.0 Å². The van der Waals surface area contributed by atoms with Gasteiger partial charge in [-0.3, -0.25) is 9.59 Å². The van der Waals surface area contributed by atoms with Gasteiger partial charge in [-0.25, -0.2) is 0 Å². The van der Waals surface area contributed by atoms with Gasteiger partial charge in [-0.2, -0.15) is 0 Å². The summed E-state index contributed by atoms with van der Waals surface area (Å²) < 4.78 is 0. The molecule has 5 heteroatoms. The highest BCUT2D eigenvalue weighted by atomic mass is 32.2. The van der Waals surface area contributed by atoms with Crippen LogP contribution in [0.1, 0.15) is 66.2 Å². The Labute approximate surface area is 139 Å². The normalized spacial score (nSPS) is 21.4. The molecule has 22 heavy (non-hydrogen) atoms. The van der Waals surface area contributed by atoms with Gasteiger partial charge in [0.25, 0.3) is 0 Å². The van der Waals surface area contributed by atoms with Gasteiger partial charge in [0.2, 0.25) is 11.8 Å². The molecule has 0 aliphatic carbocycles. The summed E-state index contributed by atoms with van der Waals surface area (Å²) in [5, 5.41) is 3.15. The molecule has 4 nitrogen and oxygen atoms in total. The molecular weight excluding hydrogens is 296 g/mol. The number of amides is 2. The largest absolute Gasteiger partial charge is 0.354 e. The Morgan fingerprint density at radius 1 is 1.23 bits per heavy atom. The van der Waals surface area contributed by atoms with E-state index < -0.39 is 0 Å². The van der Waals surface area contributed by atoms with Gasteiger partial charge in [0.15, 0.2) is 0 Å². The first-order valence-corrected chi connectivity index (χ1v) is 9.76. The molecular formula is C17H32N2O2S. The number of nitrogens with one attached hydrogen (secondary N) is 1. The van der Waals surface area contributed by atoms with Gasteiger partial charge in [-0.1, -0.05) is 40.5 Å². The molecule has 2 unspecified atom stereocenters. The van der Waals surface area contributed by atoms with Crippen molar-refractivity contribution in [2.75, 3.05) is 12.3 Å². The van der Waals surface area contributed by atoms with E-state index in [4.69, 9.17) is 0 Å². The fraction of sp³-hybridized carbons (Fsp3) is 0.882. The predicted octanol–water partition coefficient (Wildman–Crippen LogP) is 3.41. The van der Waals surface area contributed by atoms with Crippen molar-refractivity contribution in [2.45, 2.75) is 77.6 Å². The van der Waals surface area contributed by atoms with Crippen LogP contribution in [0, 0.1) is 5.92 Å². The minimum absolute atomic E-state index is 0.0251. The highest BCUT2D eigenvalue weighted by Crippen LogP contribution is 2.34. The SMILES string of the molecule is CCCCNC(=O)C1CSC(CC(C)C)N1C(=O)CCCC. The van der Waals surface area contributed by atoms with Crippen LogP contribution in [0.4, 0.5) is 0 Å². The number of hydrogen-bond donors (Lipinski definition) is 1. The number of nitrogens with zero attached hydrogens (tertiary/aromatic N) is 1. The Morgan fingerprint density at radius 3 is 2.50 bits per heavy atom.